The number of benzene rings is 1. The Morgan fingerprint density at radius 2 is 2.37 bits per heavy atom. The van der Waals surface area contributed by atoms with Gasteiger partial charge >= 0.3 is 0 Å². The quantitative estimate of drug-likeness (QED) is 0.769. The number of nitrogens with zero attached hydrogens (tertiary/aromatic N) is 1. The molecule has 3 heteroatoms. The minimum Gasteiger partial charge on any atom is -0.493 e. The van der Waals surface area contributed by atoms with Crippen LogP contribution in [-0.4, -0.2) is 30.5 Å². The van der Waals surface area contributed by atoms with Gasteiger partial charge in [-0.05, 0) is 23.6 Å². The van der Waals surface area contributed by atoms with Gasteiger partial charge in [0.1, 0.15) is 5.75 Å². The molecule has 0 spiro atoms. The van der Waals surface area contributed by atoms with Crippen LogP contribution in [0.2, 0.25) is 0 Å². The Morgan fingerprint density at radius 3 is 3.16 bits per heavy atom. The fourth-order valence-electron chi connectivity index (χ4n) is 2.76. The third-order valence-electron chi connectivity index (χ3n) is 3.87. The first-order chi connectivity index (χ1) is 9.26. The lowest BCUT2D eigenvalue weighted by Crippen LogP contribution is -2.27. The van der Waals surface area contributed by atoms with Crippen LogP contribution in [-0.2, 0) is 17.6 Å². The number of likely N-dealkylation sites (tertiary alicyclic amines) is 1. The molecular weight excluding hydrogens is 238 g/mol. The van der Waals surface area contributed by atoms with Crippen molar-refractivity contribution < 1.29 is 9.53 Å². The molecule has 1 saturated heterocycles. The van der Waals surface area contributed by atoms with Crippen molar-refractivity contribution in [2.45, 2.75) is 19.3 Å². The maximum atomic E-state index is 11.8. The zero-order chi connectivity index (χ0) is 13.2. The van der Waals surface area contributed by atoms with Gasteiger partial charge in [-0.1, -0.05) is 12.1 Å². The van der Waals surface area contributed by atoms with Crippen LogP contribution in [0.5, 0.6) is 5.75 Å². The predicted molar refractivity (Wildman–Crippen MR) is 72.9 cm³/mol. The van der Waals surface area contributed by atoms with Crippen LogP contribution in [0.1, 0.15) is 17.5 Å². The van der Waals surface area contributed by atoms with Crippen molar-refractivity contribution in [2.75, 3.05) is 19.7 Å². The SMILES string of the molecule is C#CC1CC(=O)N(CCc2ccc3c(c2)CCO3)C1. The molecule has 0 N–H and O–H groups in total. The van der Waals surface area contributed by atoms with Crippen LogP contribution in [0.4, 0.5) is 0 Å². The number of amides is 1. The molecule has 1 aromatic rings. The molecule has 1 aromatic carbocycles. The van der Waals surface area contributed by atoms with Crippen LogP contribution < -0.4 is 4.74 Å². The van der Waals surface area contributed by atoms with E-state index in [-0.39, 0.29) is 11.8 Å². The Bertz CT molecular complexity index is 544. The molecule has 0 aliphatic carbocycles. The summed E-state index contributed by atoms with van der Waals surface area (Å²) in [6.45, 7) is 2.26. The minimum absolute atomic E-state index is 0.0981. The van der Waals surface area contributed by atoms with E-state index >= 15 is 0 Å². The van der Waals surface area contributed by atoms with Crippen molar-refractivity contribution in [3.63, 3.8) is 0 Å². The van der Waals surface area contributed by atoms with Crippen LogP contribution in [0.15, 0.2) is 18.2 Å². The molecule has 0 radical (unpaired) electrons. The molecule has 98 valence electrons. The number of carbonyl (C=O) groups is 1. The van der Waals surface area contributed by atoms with E-state index in [0.717, 1.165) is 31.7 Å². The first kappa shape index (κ1) is 12.1. The van der Waals surface area contributed by atoms with Gasteiger partial charge in [0.25, 0.3) is 0 Å². The highest BCUT2D eigenvalue weighted by molar-refractivity contribution is 5.79. The van der Waals surface area contributed by atoms with Crippen molar-refractivity contribution in [1.29, 1.82) is 0 Å². The molecule has 1 fully saturated rings. The first-order valence-corrected chi connectivity index (χ1v) is 6.75. The molecule has 1 unspecified atom stereocenters. The number of hydrogen-bond acceptors (Lipinski definition) is 2. The predicted octanol–water partition coefficient (Wildman–Crippen LogP) is 1.65. The minimum atomic E-state index is 0.0981. The average molecular weight is 255 g/mol. The van der Waals surface area contributed by atoms with Gasteiger partial charge in [-0.15, -0.1) is 12.3 Å². The van der Waals surface area contributed by atoms with Gasteiger partial charge < -0.3 is 9.64 Å². The third kappa shape index (κ3) is 2.44. The van der Waals surface area contributed by atoms with Gasteiger partial charge in [0.15, 0.2) is 0 Å². The number of carbonyl (C=O) groups excluding carboxylic acids is 1. The molecule has 0 bridgehead atoms. The molecule has 3 nitrogen and oxygen atoms in total. The summed E-state index contributed by atoms with van der Waals surface area (Å²) in [7, 11) is 0. The molecule has 3 rings (SSSR count). The number of rotatable bonds is 3. The zero-order valence-electron chi connectivity index (χ0n) is 10.9. The first-order valence-electron chi connectivity index (χ1n) is 6.75. The molecule has 2 aliphatic heterocycles. The number of terminal acetylenes is 1. The van der Waals surface area contributed by atoms with E-state index in [1.165, 1.54) is 11.1 Å². The van der Waals surface area contributed by atoms with E-state index in [1.807, 2.05) is 11.0 Å². The number of hydrogen-bond donors (Lipinski definition) is 0. The Labute approximate surface area is 113 Å². The van der Waals surface area contributed by atoms with E-state index in [9.17, 15) is 4.79 Å². The van der Waals surface area contributed by atoms with Crippen molar-refractivity contribution in [2.24, 2.45) is 5.92 Å². The fourth-order valence-corrected chi connectivity index (χ4v) is 2.76. The van der Waals surface area contributed by atoms with Gasteiger partial charge in [-0.2, -0.15) is 0 Å². The molecule has 1 amide bonds. The van der Waals surface area contributed by atoms with Crippen LogP contribution in [0, 0.1) is 18.3 Å². The second-order valence-corrected chi connectivity index (χ2v) is 5.20. The fraction of sp³-hybridized carbons (Fsp3) is 0.438. The largest absolute Gasteiger partial charge is 0.493 e. The summed E-state index contributed by atoms with van der Waals surface area (Å²) in [5.41, 5.74) is 2.55. The Morgan fingerprint density at radius 1 is 1.47 bits per heavy atom. The van der Waals surface area contributed by atoms with E-state index in [1.54, 1.807) is 0 Å². The molecule has 2 heterocycles. The Kier molecular flexibility index (Phi) is 3.16. The second-order valence-electron chi connectivity index (χ2n) is 5.20. The van der Waals surface area contributed by atoms with Gasteiger partial charge in [0.2, 0.25) is 5.91 Å². The van der Waals surface area contributed by atoms with Gasteiger partial charge in [0, 0.05) is 31.8 Å². The summed E-state index contributed by atoms with van der Waals surface area (Å²) in [4.78, 5) is 13.6. The summed E-state index contributed by atoms with van der Waals surface area (Å²) in [5, 5.41) is 0. The second kappa shape index (κ2) is 4.97. The molecular formula is C16H17NO2. The Balaban J connectivity index is 1.61. The summed E-state index contributed by atoms with van der Waals surface area (Å²) in [6.07, 6.45) is 7.77. The average Bonchev–Trinajstić information content (AvgIpc) is 3.02. The highest BCUT2D eigenvalue weighted by Crippen LogP contribution is 2.26. The van der Waals surface area contributed by atoms with Crippen LogP contribution in [0.25, 0.3) is 0 Å². The third-order valence-corrected chi connectivity index (χ3v) is 3.87. The zero-order valence-corrected chi connectivity index (χ0v) is 10.9. The van der Waals surface area contributed by atoms with Gasteiger partial charge in [0.05, 0.1) is 6.61 Å². The van der Waals surface area contributed by atoms with E-state index < -0.39 is 0 Å². The lowest BCUT2D eigenvalue weighted by atomic mass is 10.1. The van der Waals surface area contributed by atoms with Crippen molar-refractivity contribution in [3.05, 3.63) is 29.3 Å². The van der Waals surface area contributed by atoms with E-state index in [4.69, 9.17) is 11.2 Å². The Hall–Kier alpha value is -1.95. The standard InChI is InChI=1S/C16H17NO2/c1-2-12-10-16(18)17(11-12)7-5-13-3-4-15-14(9-13)6-8-19-15/h1,3-4,9,12H,5-8,10-11H2. The van der Waals surface area contributed by atoms with Crippen LogP contribution in [0.3, 0.4) is 0 Å². The number of fused-ring (bicyclic) bond motifs is 1. The van der Waals surface area contributed by atoms with Crippen LogP contribution >= 0.6 is 0 Å². The van der Waals surface area contributed by atoms with Crippen molar-refractivity contribution >= 4 is 5.91 Å². The summed E-state index contributed by atoms with van der Waals surface area (Å²) in [5.74, 6) is 3.97. The van der Waals surface area contributed by atoms with Gasteiger partial charge in [-0.3, -0.25) is 4.79 Å². The molecule has 19 heavy (non-hydrogen) atoms. The highest BCUT2D eigenvalue weighted by Gasteiger charge is 2.27. The molecule has 1 atom stereocenters. The van der Waals surface area contributed by atoms with Gasteiger partial charge in [-0.25, -0.2) is 0 Å². The summed E-state index contributed by atoms with van der Waals surface area (Å²) in [6, 6.07) is 6.32. The smallest absolute Gasteiger partial charge is 0.223 e. The summed E-state index contributed by atoms with van der Waals surface area (Å²) < 4.78 is 5.49. The maximum Gasteiger partial charge on any atom is 0.223 e. The highest BCUT2D eigenvalue weighted by atomic mass is 16.5. The normalized spacial score (nSPS) is 21.1. The van der Waals surface area contributed by atoms with Crippen molar-refractivity contribution in [3.8, 4) is 18.1 Å². The van der Waals surface area contributed by atoms with Crippen molar-refractivity contribution in [1.82, 2.24) is 4.90 Å². The topological polar surface area (TPSA) is 29.5 Å². The molecule has 2 aliphatic rings. The molecule has 0 aromatic heterocycles. The number of ether oxygens (including phenoxy) is 1. The van der Waals surface area contributed by atoms with E-state index in [0.29, 0.717) is 13.0 Å². The lowest BCUT2D eigenvalue weighted by Gasteiger charge is -2.15. The lowest BCUT2D eigenvalue weighted by molar-refractivity contribution is -0.127. The van der Waals surface area contributed by atoms with E-state index in [2.05, 4.69) is 18.1 Å². The monoisotopic (exact) mass is 255 g/mol. The maximum absolute atomic E-state index is 11.8. The summed E-state index contributed by atoms with van der Waals surface area (Å²) >= 11 is 0. The molecule has 0 saturated carbocycles.